The van der Waals surface area contributed by atoms with Gasteiger partial charge in [-0.05, 0) is 37.3 Å². The first-order valence-corrected chi connectivity index (χ1v) is 8.72. The Balaban J connectivity index is 2.39. The summed E-state index contributed by atoms with van der Waals surface area (Å²) in [6, 6.07) is 3.20. The fourth-order valence-electron chi connectivity index (χ4n) is 2.27. The van der Waals surface area contributed by atoms with E-state index in [2.05, 4.69) is 11.7 Å². The van der Waals surface area contributed by atoms with Crippen LogP contribution in [0.5, 0.6) is 0 Å². The number of hydrogen-bond acceptors (Lipinski definition) is 7. The predicted molar refractivity (Wildman–Crippen MR) is 107 cm³/mol. The number of ether oxygens (including phenoxy) is 1. The summed E-state index contributed by atoms with van der Waals surface area (Å²) in [5, 5.41) is 3.72. The number of carbonyl (C=O) groups excluding carboxylic acids is 1. The molecule has 0 amide bonds. The number of carbonyl (C=O) groups is 1. The molecule has 0 bridgehead atoms. The Kier molecular flexibility index (Phi) is 6.99. The van der Waals surface area contributed by atoms with Gasteiger partial charge in [-0.1, -0.05) is 17.8 Å². The molecule has 0 aliphatic carbocycles. The quantitative estimate of drug-likeness (QED) is 0.167. The molecule has 0 atom stereocenters. The monoisotopic (exact) mass is 422 g/mol. The molecule has 29 heavy (non-hydrogen) atoms. The van der Waals surface area contributed by atoms with Gasteiger partial charge >= 0.3 is 17.3 Å². The molecule has 2 rings (SSSR count). The maximum atomic E-state index is 14.4. The number of esters is 1. The van der Waals surface area contributed by atoms with Gasteiger partial charge in [0.1, 0.15) is 19.0 Å². The number of hydrogen-bond donors (Lipinski definition) is 0. The molecule has 0 radical (unpaired) electrons. The first kappa shape index (κ1) is 22.0. The van der Waals surface area contributed by atoms with Gasteiger partial charge in [-0.3, -0.25) is 9.13 Å². The molecule has 0 saturated heterocycles. The van der Waals surface area contributed by atoms with Gasteiger partial charge < -0.3 is 9.57 Å². The van der Waals surface area contributed by atoms with E-state index in [1.165, 1.54) is 26.2 Å². The lowest BCUT2D eigenvalue weighted by Crippen LogP contribution is -2.43. The van der Waals surface area contributed by atoms with E-state index in [-0.39, 0.29) is 23.5 Å². The van der Waals surface area contributed by atoms with E-state index >= 15 is 0 Å². The predicted octanol–water partition coefficient (Wildman–Crippen LogP) is 1.48. The third-order valence-electron chi connectivity index (χ3n) is 3.78. The smallest absolute Gasteiger partial charge is 0.338 e. The zero-order valence-corrected chi connectivity index (χ0v) is 16.9. The van der Waals surface area contributed by atoms with Crippen molar-refractivity contribution in [1.82, 2.24) is 13.7 Å². The fraction of sp³-hybridized carbons (Fsp3) is 0.278. The van der Waals surface area contributed by atoms with E-state index < -0.39 is 28.9 Å². The van der Waals surface area contributed by atoms with Crippen LogP contribution in [0.15, 0.2) is 45.6 Å². The van der Waals surface area contributed by atoms with Crippen molar-refractivity contribution in [3.63, 3.8) is 0 Å². The fourth-order valence-corrected chi connectivity index (χ4v) is 2.42. The molecule has 154 valence electrons. The van der Waals surface area contributed by atoms with Crippen LogP contribution in [-0.2, 0) is 23.7 Å². The van der Waals surface area contributed by atoms with Crippen molar-refractivity contribution in [3.05, 3.63) is 68.0 Å². The van der Waals surface area contributed by atoms with Crippen molar-refractivity contribution in [1.29, 1.82) is 0 Å². The molecule has 0 aliphatic heterocycles. The third kappa shape index (κ3) is 4.74. The van der Waals surface area contributed by atoms with Crippen LogP contribution in [0.4, 0.5) is 4.39 Å². The minimum atomic E-state index is -0.867. The number of rotatable bonds is 7. The molecule has 1 heterocycles. The van der Waals surface area contributed by atoms with Crippen LogP contribution in [0.25, 0.3) is 5.69 Å². The van der Waals surface area contributed by atoms with E-state index in [1.807, 2.05) is 0 Å². The lowest BCUT2D eigenvalue weighted by molar-refractivity contribution is 0.0558. The molecule has 0 N–H and O–H groups in total. The van der Waals surface area contributed by atoms with E-state index in [1.54, 1.807) is 6.92 Å². The molecule has 0 spiro atoms. The Morgan fingerprint density at radius 2 is 1.90 bits per heavy atom. The van der Waals surface area contributed by atoms with Crippen LogP contribution in [-0.4, -0.2) is 38.6 Å². The summed E-state index contributed by atoms with van der Waals surface area (Å²) in [6.45, 7) is 5.11. The number of benzene rings is 1. The Morgan fingerprint density at radius 3 is 2.48 bits per heavy atom. The lowest BCUT2D eigenvalue weighted by atomic mass is 10.2. The van der Waals surface area contributed by atoms with Crippen molar-refractivity contribution in [3.8, 4) is 5.69 Å². The minimum Gasteiger partial charge on any atom is -0.456 e. The van der Waals surface area contributed by atoms with Crippen molar-refractivity contribution < 1.29 is 18.8 Å². The normalized spacial score (nSPS) is 11.2. The van der Waals surface area contributed by atoms with Gasteiger partial charge in [0, 0.05) is 14.1 Å². The van der Waals surface area contributed by atoms with Gasteiger partial charge in [-0.15, -0.1) is 0 Å². The highest BCUT2D eigenvalue weighted by molar-refractivity contribution is 7.71. The molecule has 2 aromatic rings. The Bertz CT molecular complexity index is 1120. The van der Waals surface area contributed by atoms with Crippen molar-refractivity contribution in [2.24, 2.45) is 19.3 Å². The van der Waals surface area contributed by atoms with Crippen LogP contribution in [0.3, 0.4) is 0 Å². The number of nitrogens with zero attached hydrogens (tertiary/aromatic N) is 4. The first-order valence-electron chi connectivity index (χ1n) is 8.31. The van der Waals surface area contributed by atoms with Crippen molar-refractivity contribution >= 4 is 23.9 Å². The largest absolute Gasteiger partial charge is 0.456 e. The molecular formula is C18H19FN4O5S. The molecular weight excluding hydrogens is 403 g/mol. The molecule has 1 aromatic carbocycles. The second-order valence-electron chi connectivity index (χ2n) is 5.95. The standard InChI is InChI=1S/C18H19FN4O5S/c1-5-8-28-20-11(2)10-27-15(24)12-6-7-13(19)14(9-12)23-16(25)21(3)18(29)22(4)17(23)26/h5-7,9H,1,8,10H2,2-4H3. The van der Waals surface area contributed by atoms with Crippen LogP contribution < -0.4 is 11.4 Å². The second-order valence-corrected chi connectivity index (χ2v) is 6.32. The van der Waals surface area contributed by atoms with E-state index in [0.29, 0.717) is 10.3 Å². The SMILES string of the molecule is C=CCON=C(C)COC(=O)c1ccc(F)c(-n2c(=O)n(C)c(=S)n(C)c2=O)c1. The summed E-state index contributed by atoms with van der Waals surface area (Å²) in [4.78, 5) is 42.1. The van der Waals surface area contributed by atoms with Gasteiger partial charge in [0.2, 0.25) is 0 Å². The topological polar surface area (TPSA) is 96.8 Å². The zero-order valence-electron chi connectivity index (χ0n) is 16.0. The van der Waals surface area contributed by atoms with Crippen LogP contribution in [0, 0.1) is 10.6 Å². The zero-order chi connectivity index (χ0) is 21.7. The highest BCUT2D eigenvalue weighted by Crippen LogP contribution is 2.14. The average Bonchev–Trinajstić information content (AvgIpc) is 2.70. The molecule has 0 fully saturated rings. The molecule has 0 aliphatic rings. The number of halogens is 1. The summed E-state index contributed by atoms with van der Waals surface area (Å²) < 4.78 is 22.1. The molecule has 11 heteroatoms. The second kappa shape index (κ2) is 9.24. The summed E-state index contributed by atoms with van der Waals surface area (Å²) in [7, 11) is 2.71. The Morgan fingerprint density at radius 1 is 1.28 bits per heavy atom. The minimum absolute atomic E-state index is 0.0272. The molecule has 1 aromatic heterocycles. The first-order chi connectivity index (χ1) is 13.7. The summed E-state index contributed by atoms with van der Waals surface area (Å²) >= 11 is 4.99. The van der Waals surface area contributed by atoms with Crippen LogP contribution >= 0.6 is 12.2 Å². The van der Waals surface area contributed by atoms with Crippen molar-refractivity contribution in [2.45, 2.75) is 6.92 Å². The van der Waals surface area contributed by atoms with E-state index in [4.69, 9.17) is 21.8 Å². The number of aromatic nitrogens is 3. The molecule has 9 nitrogen and oxygen atoms in total. The summed E-state index contributed by atoms with van der Waals surface area (Å²) in [6.07, 6.45) is 1.51. The highest BCUT2D eigenvalue weighted by atomic mass is 32.1. The van der Waals surface area contributed by atoms with Crippen molar-refractivity contribution in [2.75, 3.05) is 13.2 Å². The molecule has 0 unspecified atom stereocenters. The maximum absolute atomic E-state index is 14.4. The average molecular weight is 422 g/mol. The summed E-state index contributed by atoms with van der Waals surface area (Å²) in [5.74, 6) is -1.66. The Labute approximate surface area is 169 Å². The van der Waals surface area contributed by atoms with Gasteiger partial charge in [-0.2, -0.15) is 0 Å². The van der Waals surface area contributed by atoms with E-state index in [9.17, 15) is 18.8 Å². The highest BCUT2D eigenvalue weighted by Gasteiger charge is 2.17. The third-order valence-corrected chi connectivity index (χ3v) is 4.33. The van der Waals surface area contributed by atoms with Gasteiger partial charge in [0.15, 0.2) is 4.77 Å². The van der Waals surface area contributed by atoms with Gasteiger partial charge in [-0.25, -0.2) is 23.3 Å². The van der Waals surface area contributed by atoms with Crippen LogP contribution in [0.1, 0.15) is 17.3 Å². The van der Waals surface area contributed by atoms with Gasteiger partial charge in [0.05, 0.1) is 17.0 Å². The molecule has 0 saturated carbocycles. The van der Waals surface area contributed by atoms with E-state index in [0.717, 1.165) is 21.3 Å². The van der Waals surface area contributed by atoms with Gasteiger partial charge in [0.25, 0.3) is 0 Å². The summed E-state index contributed by atoms with van der Waals surface area (Å²) in [5.41, 5.74) is -1.74. The van der Waals surface area contributed by atoms with Crippen LogP contribution in [0.2, 0.25) is 0 Å². The number of oxime groups is 1. The lowest BCUT2D eigenvalue weighted by Gasteiger charge is -2.12. The maximum Gasteiger partial charge on any atom is 0.338 e. The Hall–Kier alpha value is -3.34.